The zero-order chi connectivity index (χ0) is 18.4. The highest BCUT2D eigenvalue weighted by atomic mass is 16.7. The first-order chi connectivity index (χ1) is 10.9. The van der Waals surface area contributed by atoms with E-state index in [0.29, 0.717) is 12.3 Å². The van der Waals surface area contributed by atoms with Gasteiger partial charge in [-0.25, -0.2) is 4.79 Å². The molecule has 2 rings (SSSR count). The lowest BCUT2D eigenvalue weighted by Crippen LogP contribution is -2.41. The van der Waals surface area contributed by atoms with Crippen molar-refractivity contribution in [1.82, 2.24) is 4.57 Å². The summed E-state index contributed by atoms with van der Waals surface area (Å²) in [5.74, 6) is -0.327. The van der Waals surface area contributed by atoms with Gasteiger partial charge in [0, 0.05) is 17.2 Å². The van der Waals surface area contributed by atoms with Crippen LogP contribution in [0.1, 0.15) is 76.3 Å². The standard InChI is InChI=1S/C18H30BNO4/c1-10-22-16(21)15-14(12(4)13(5)20(15)11(2)3)19-23-17(6,7)18(8,9)24-19/h11H,10H2,1-9H3. The molecule has 0 unspecified atom stereocenters. The van der Waals surface area contributed by atoms with Gasteiger partial charge in [-0.2, -0.15) is 0 Å². The van der Waals surface area contributed by atoms with Crippen molar-refractivity contribution >= 4 is 18.6 Å². The molecule has 2 heterocycles. The molecule has 1 aromatic heterocycles. The number of hydrogen-bond donors (Lipinski definition) is 0. The maximum atomic E-state index is 12.7. The van der Waals surface area contributed by atoms with E-state index in [1.165, 1.54) is 0 Å². The van der Waals surface area contributed by atoms with Gasteiger partial charge in [0.2, 0.25) is 0 Å². The number of aromatic nitrogens is 1. The molecule has 0 aliphatic carbocycles. The van der Waals surface area contributed by atoms with Crippen LogP contribution in [0.2, 0.25) is 0 Å². The first-order valence-electron chi connectivity index (χ1n) is 8.68. The second-order valence-corrected chi connectivity index (χ2v) is 7.75. The number of hydrogen-bond acceptors (Lipinski definition) is 4. The molecule has 0 N–H and O–H groups in total. The number of carbonyl (C=O) groups excluding carboxylic acids is 1. The Morgan fingerprint density at radius 1 is 1.17 bits per heavy atom. The Hall–Kier alpha value is -1.27. The fraction of sp³-hybridized carbons (Fsp3) is 0.722. The normalized spacial score (nSPS) is 19.2. The predicted molar refractivity (Wildman–Crippen MR) is 96.0 cm³/mol. The van der Waals surface area contributed by atoms with E-state index in [9.17, 15) is 4.79 Å². The van der Waals surface area contributed by atoms with Crippen molar-refractivity contribution < 1.29 is 18.8 Å². The van der Waals surface area contributed by atoms with Crippen molar-refractivity contribution in [3.63, 3.8) is 0 Å². The van der Waals surface area contributed by atoms with Crippen molar-refractivity contribution in [2.45, 2.75) is 79.6 Å². The molecule has 0 aromatic carbocycles. The van der Waals surface area contributed by atoms with Crippen molar-refractivity contribution in [3.05, 3.63) is 17.0 Å². The molecular formula is C18H30BNO4. The van der Waals surface area contributed by atoms with Gasteiger partial charge < -0.3 is 18.6 Å². The molecule has 1 saturated heterocycles. The Labute approximate surface area is 145 Å². The zero-order valence-corrected chi connectivity index (χ0v) is 16.4. The summed E-state index contributed by atoms with van der Waals surface area (Å²) in [4.78, 5) is 12.7. The fourth-order valence-electron chi connectivity index (χ4n) is 3.15. The average Bonchev–Trinajstić information content (AvgIpc) is 2.81. The van der Waals surface area contributed by atoms with Gasteiger partial charge in [-0.05, 0) is 67.9 Å². The molecule has 5 nitrogen and oxygen atoms in total. The molecule has 0 radical (unpaired) electrons. The van der Waals surface area contributed by atoms with Crippen LogP contribution in [0.3, 0.4) is 0 Å². The van der Waals surface area contributed by atoms with Gasteiger partial charge in [-0.3, -0.25) is 0 Å². The second-order valence-electron chi connectivity index (χ2n) is 7.75. The highest BCUT2D eigenvalue weighted by Crippen LogP contribution is 2.37. The number of carbonyl (C=O) groups is 1. The SMILES string of the molecule is CCOC(=O)c1c(B2OC(C)(C)C(C)(C)O2)c(C)c(C)n1C(C)C. The number of ether oxygens (including phenoxy) is 1. The van der Waals surface area contributed by atoms with E-state index < -0.39 is 18.3 Å². The Balaban J connectivity index is 2.62. The summed E-state index contributed by atoms with van der Waals surface area (Å²) in [7, 11) is -0.576. The molecule has 0 saturated carbocycles. The molecule has 1 aliphatic rings. The Kier molecular flexibility index (Phi) is 4.95. The third-order valence-electron chi connectivity index (χ3n) is 5.28. The molecule has 24 heavy (non-hydrogen) atoms. The molecule has 0 spiro atoms. The maximum Gasteiger partial charge on any atom is 0.497 e. The van der Waals surface area contributed by atoms with Gasteiger partial charge >= 0.3 is 13.1 Å². The summed E-state index contributed by atoms with van der Waals surface area (Å²) in [6.45, 7) is 18.4. The van der Waals surface area contributed by atoms with E-state index in [0.717, 1.165) is 16.7 Å². The van der Waals surface area contributed by atoms with Crippen LogP contribution < -0.4 is 5.46 Å². The van der Waals surface area contributed by atoms with E-state index in [1.54, 1.807) is 0 Å². The molecule has 0 atom stereocenters. The van der Waals surface area contributed by atoms with E-state index in [1.807, 2.05) is 53.0 Å². The van der Waals surface area contributed by atoms with Crippen LogP contribution in [0, 0.1) is 13.8 Å². The van der Waals surface area contributed by atoms with Crippen LogP contribution in [-0.2, 0) is 14.0 Å². The van der Waals surface area contributed by atoms with Crippen LogP contribution in [0.25, 0.3) is 0 Å². The van der Waals surface area contributed by atoms with E-state index in [2.05, 4.69) is 13.8 Å². The zero-order valence-electron chi connectivity index (χ0n) is 16.4. The van der Waals surface area contributed by atoms with Crippen LogP contribution in [-0.4, -0.2) is 35.5 Å². The average molecular weight is 335 g/mol. The summed E-state index contributed by atoms with van der Waals surface area (Å²) < 4.78 is 19.8. The fourth-order valence-corrected chi connectivity index (χ4v) is 3.15. The molecule has 0 amide bonds. The molecule has 6 heteroatoms. The molecule has 134 valence electrons. The molecule has 1 aromatic rings. The highest BCUT2D eigenvalue weighted by molar-refractivity contribution is 6.64. The number of esters is 1. The lowest BCUT2D eigenvalue weighted by atomic mass is 9.76. The smallest absolute Gasteiger partial charge is 0.461 e. The molecule has 1 fully saturated rings. The topological polar surface area (TPSA) is 49.7 Å². The van der Waals surface area contributed by atoms with Gasteiger partial charge in [0.1, 0.15) is 5.69 Å². The van der Waals surface area contributed by atoms with Crippen LogP contribution in [0.4, 0.5) is 0 Å². The van der Waals surface area contributed by atoms with Crippen molar-refractivity contribution in [2.24, 2.45) is 0 Å². The minimum atomic E-state index is -0.576. The Morgan fingerprint density at radius 3 is 2.08 bits per heavy atom. The third kappa shape index (κ3) is 2.90. The number of nitrogens with zero attached hydrogens (tertiary/aromatic N) is 1. The Morgan fingerprint density at radius 2 is 1.67 bits per heavy atom. The van der Waals surface area contributed by atoms with E-state index in [-0.39, 0.29) is 12.0 Å². The highest BCUT2D eigenvalue weighted by Gasteiger charge is 2.54. The monoisotopic (exact) mass is 335 g/mol. The lowest BCUT2D eigenvalue weighted by molar-refractivity contribution is 0.00578. The largest absolute Gasteiger partial charge is 0.497 e. The quantitative estimate of drug-likeness (QED) is 0.626. The van der Waals surface area contributed by atoms with Crippen molar-refractivity contribution in [1.29, 1.82) is 0 Å². The minimum Gasteiger partial charge on any atom is -0.461 e. The van der Waals surface area contributed by atoms with Crippen LogP contribution in [0.5, 0.6) is 0 Å². The van der Waals surface area contributed by atoms with Gasteiger partial charge in [0.05, 0.1) is 17.8 Å². The maximum absolute atomic E-state index is 12.7. The lowest BCUT2D eigenvalue weighted by Gasteiger charge is -2.32. The summed E-state index contributed by atoms with van der Waals surface area (Å²) >= 11 is 0. The summed E-state index contributed by atoms with van der Waals surface area (Å²) in [5.41, 5.74) is 2.48. The van der Waals surface area contributed by atoms with Gasteiger partial charge in [-0.1, -0.05) is 0 Å². The third-order valence-corrected chi connectivity index (χ3v) is 5.28. The van der Waals surface area contributed by atoms with E-state index >= 15 is 0 Å². The summed E-state index contributed by atoms with van der Waals surface area (Å²) in [6.07, 6.45) is 0. The van der Waals surface area contributed by atoms with Crippen LogP contribution in [0.15, 0.2) is 0 Å². The summed E-state index contributed by atoms with van der Waals surface area (Å²) in [5, 5.41) is 0. The Bertz CT molecular complexity index is 630. The first kappa shape index (κ1) is 19.1. The van der Waals surface area contributed by atoms with E-state index in [4.69, 9.17) is 14.0 Å². The molecule has 1 aliphatic heterocycles. The molecular weight excluding hydrogens is 305 g/mol. The first-order valence-corrected chi connectivity index (χ1v) is 8.68. The molecule has 0 bridgehead atoms. The van der Waals surface area contributed by atoms with Gasteiger partial charge in [0.25, 0.3) is 0 Å². The predicted octanol–water partition coefficient (Wildman–Crippen LogP) is 3.16. The van der Waals surface area contributed by atoms with Gasteiger partial charge in [0.15, 0.2) is 0 Å². The minimum absolute atomic E-state index is 0.138. The van der Waals surface area contributed by atoms with Crippen molar-refractivity contribution in [3.8, 4) is 0 Å². The van der Waals surface area contributed by atoms with Crippen molar-refractivity contribution in [2.75, 3.05) is 6.61 Å². The van der Waals surface area contributed by atoms with Crippen LogP contribution >= 0.6 is 0 Å². The number of rotatable bonds is 4. The second kappa shape index (κ2) is 6.23. The summed E-state index contributed by atoms with van der Waals surface area (Å²) in [6, 6.07) is 0.138. The van der Waals surface area contributed by atoms with Gasteiger partial charge in [-0.15, -0.1) is 0 Å².